The van der Waals surface area contributed by atoms with Gasteiger partial charge in [0, 0.05) is 31.1 Å². The third kappa shape index (κ3) is 3.56. The van der Waals surface area contributed by atoms with Gasteiger partial charge in [0.15, 0.2) is 5.78 Å². The number of amides is 1. The molecule has 2 aromatic heterocycles. The Labute approximate surface area is 122 Å². The van der Waals surface area contributed by atoms with E-state index in [4.69, 9.17) is 0 Å². The summed E-state index contributed by atoms with van der Waals surface area (Å²) in [7, 11) is 0. The molecule has 2 aromatic rings. The highest BCUT2D eigenvalue weighted by molar-refractivity contribution is 5.96. The predicted octanol–water partition coefficient (Wildman–Crippen LogP) is 0.785. The number of rotatable bonds is 6. The van der Waals surface area contributed by atoms with E-state index in [2.05, 4.69) is 20.4 Å². The second kappa shape index (κ2) is 6.34. The highest BCUT2D eigenvalue weighted by atomic mass is 16.2. The van der Waals surface area contributed by atoms with Crippen molar-refractivity contribution in [2.75, 3.05) is 6.54 Å². The average molecular weight is 289 g/mol. The molecule has 0 spiro atoms. The summed E-state index contributed by atoms with van der Waals surface area (Å²) in [4.78, 5) is 30.5. The summed E-state index contributed by atoms with van der Waals surface area (Å²) in [5.41, 5.74) is 1.97. The molecule has 0 aliphatic carbocycles. The lowest BCUT2D eigenvalue weighted by atomic mass is 10.1. The molecule has 2 rings (SSSR count). The maximum atomic E-state index is 11.9. The van der Waals surface area contributed by atoms with Crippen molar-refractivity contribution in [1.29, 1.82) is 0 Å². The molecule has 2 N–H and O–H groups in total. The number of Topliss-reactive ketones (excluding diaryl/α,β-unsaturated/α-hetero) is 1. The number of nitrogens with one attached hydrogen (secondary N) is 2. The van der Waals surface area contributed by atoms with Crippen LogP contribution < -0.4 is 5.32 Å². The molecular weight excluding hydrogens is 270 g/mol. The van der Waals surface area contributed by atoms with Crippen LogP contribution >= 0.6 is 0 Å². The van der Waals surface area contributed by atoms with Gasteiger partial charge in [0.1, 0.15) is 12.4 Å². The van der Waals surface area contributed by atoms with Gasteiger partial charge in [-0.3, -0.25) is 14.3 Å². The molecule has 2 heterocycles. The zero-order chi connectivity index (χ0) is 15.4. The third-order valence-corrected chi connectivity index (χ3v) is 3.27. The van der Waals surface area contributed by atoms with E-state index in [0.717, 1.165) is 11.5 Å². The highest BCUT2D eigenvalue weighted by Gasteiger charge is 2.16. The Bertz CT molecular complexity index is 643. The topological polar surface area (TPSA) is 92.7 Å². The summed E-state index contributed by atoms with van der Waals surface area (Å²) < 4.78 is 1.56. The Morgan fingerprint density at radius 3 is 2.71 bits per heavy atom. The number of aromatic amines is 1. The van der Waals surface area contributed by atoms with E-state index in [0.29, 0.717) is 24.2 Å². The van der Waals surface area contributed by atoms with Crippen LogP contribution in [0.3, 0.4) is 0 Å². The van der Waals surface area contributed by atoms with Gasteiger partial charge in [-0.05, 0) is 20.8 Å². The van der Waals surface area contributed by atoms with Crippen LogP contribution in [0.4, 0.5) is 0 Å². The number of nitrogens with zero attached hydrogens (tertiary/aromatic N) is 3. The van der Waals surface area contributed by atoms with E-state index in [9.17, 15) is 9.59 Å². The predicted molar refractivity (Wildman–Crippen MR) is 77.0 cm³/mol. The van der Waals surface area contributed by atoms with Crippen molar-refractivity contribution in [3.63, 3.8) is 0 Å². The number of hydrogen-bond donors (Lipinski definition) is 2. The van der Waals surface area contributed by atoms with Gasteiger partial charge in [0.05, 0.1) is 11.3 Å². The van der Waals surface area contributed by atoms with Gasteiger partial charge in [-0.15, -0.1) is 0 Å². The molecule has 0 aromatic carbocycles. The summed E-state index contributed by atoms with van der Waals surface area (Å²) in [6.07, 6.45) is 4.07. The van der Waals surface area contributed by atoms with Crippen molar-refractivity contribution in [2.45, 2.75) is 33.7 Å². The smallest absolute Gasteiger partial charge is 0.241 e. The Morgan fingerprint density at radius 2 is 2.14 bits per heavy atom. The van der Waals surface area contributed by atoms with Crippen LogP contribution in [0.15, 0.2) is 12.4 Å². The molecule has 0 saturated heterocycles. The largest absolute Gasteiger partial charge is 0.354 e. The zero-order valence-electron chi connectivity index (χ0n) is 12.4. The molecule has 0 unspecified atom stereocenters. The number of hydrogen-bond acceptors (Lipinski definition) is 4. The van der Waals surface area contributed by atoms with Crippen molar-refractivity contribution in [2.24, 2.45) is 0 Å². The second-order valence-corrected chi connectivity index (χ2v) is 4.90. The Balaban J connectivity index is 1.91. The lowest BCUT2D eigenvalue weighted by molar-refractivity contribution is -0.121. The normalized spacial score (nSPS) is 10.6. The number of ketones is 1. The first-order valence-electron chi connectivity index (χ1n) is 6.79. The van der Waals surface area contributed by atoms with Crippen LogP contribution in [0.5, 0.6) is 0 Å². The highest BCUT2D eigenvalue weighted by Crippen LogP contribution is 2.13. The molecule has 0 fully saturated rings. The summed E-state index contributed by atoms with van der Waals surface area (Å²) >= 11 is 0. The molecule has 0 aliphatic rings. The monoisotopic (exact) mass is 289 g/mol. The number of H-pyrrole nitrogens is 1. The maximum Gasteiger partial charge on any atom is 0.241 e. The summed E-state index contributed by atoms with van der Waals surface area (Å²) in [6.45, 7) is 5.69. The van der Waals surface area contributed by atoms with Gasteiger partial charge >= 0.3 is 0 Å². The average Bonchev–Trinajstić information content (AvgIpc) is 2.99. The van der Waals surface area contributed by atoms with Crippen molar-refractivity contribution in [3.8, 4) is 0 Å². The maximum absolute atomic E-state index is 11.9. The van der Waals surface area contributed by atoms with Crippen LogP contribution in [-0.4, -0.2) is 38.0 Å². The molecule has 0 atom stereocenters. The fourth-order valence-corrected chi connectivity index (χ4v) is 2.31. The summed E-state index contributed by atoms with van der Waals surface area (Å²) in [5.74, 6) is 0.664. The zero-order valence-corrected chi connectivity index (χ0v) is 12.4. The SMILES string of the molecule is CC(=O)c1c(C)nn(CC(=O)NCCc2ncc[nH]2)c1C. The van der Waals surface area contributed by atoms with E-state index in [1.165, 1.54) is 6.92 Å². The molecule has 0 saturated carbocycles. The number of carbonyl (C=O) groups excluding carboxylic acids is 2. The molecular formula is C14H19N5O2. The van der Waals surface area contributed by atoms with Crippen LogP contribution in [-0.2, 0) is 17.8 Å². The Kier molecular flexibility index (Phi) is 4.52. The first-order valence-corrected chi connectivity index (χ1v) is 6.79. The lowest BCUT2D eigenvalue weighted by Gasteiger charge is -2.06. The molecule has 0 bridgehead atoms. The number of aromatic nitrogens is 4. The first kappa shape index (κ1) is 15.0. The van der Waals surface area contributed by atoms with Crippen molar-refractivity contribution < 1.29 is 9.59 Å². The second-order valence-electron chi connectivity index (χ2n) is 4.90. The number of imidazole rings is 1. The molecule has 21 heavy (non-hydrogen) atoms. The van der Waals surface area contributed by atoms with Crippen molar-refractivity contribution in [3.05, 3.63) is 35.2 Å². The summed E-state index contributed by atoms with van der Waals surface area (Å²) in [6, 6.07) is 0. The number of aryl methyl sites for hydroxylation is 1. The minimum atomic E-state index is -0.137. The van der Waals surface area contributed by atoms with Crippen LogP contribution in [0.25, 0.3) is 0 Å². The molecule has 7 nitrogen and oxygen atoms in total. The molecule has 7 heteroatoms. The first-order chi connectivity index (χ1) is 9.99. The van der Waals surface area contributed by atoms with Gasteiger partial charge in [-0.1, -0.05) is 0 Å². The molecule has 1 amide bonds. The van der Waals surface area contributed by atoms with E-state index in [1.807, 2.05) is 0 Å². The standard InChI is InChI=1S/C14H19N5O2/c1-9-14(11(3)20)10(2)19(18-9)8-13(21)17-5-4-12-15-6-7-16-12/h6-7H,4-5,8H2,1-3H3,(H,15,16)(H,17,21). The van der Waals surface area contributed by atoms with E-state index >= 15 is 0 Å². The van der Waals surface area contributed by atoms with E-state index in [-0.39, 0.29) is 18.2 Å². The fraction of sp³-hybridized carbons (Fsp3) is 0.429. The van der Waals surface area contributed by atoms with Crippen molar-refractivity contribution >= 4 is 11.7 Å². The van der Waals surface area contributed by atoms with Gasteiger partial charge in [-0.25, -0.2) is 4.98 Å². The van der Waals surface area contributed by atoms with Gasteiger partial charge < -0.3 is 10.3 Å². The minimum Gasteiger partial charge on any atom is -0.354 e. The van der Waals surface area contributed by atoms with Crippen LogP contribution in [0.2, 0.25) is 0 Å². The van der Waals surface area contributed by atoms with Crippen LogP contribution in [0.1, 0.15) is 34.5 Å². The van der Waals surface area contributed by atoms with Gasteiger partial charge in [0.2, 0.25) is 5.91 Å². The fourth-order valence-electron chi connectivity index (χ4n) is 2.31. The molecule has 0 radical (unpaired) electrons. The van der Waals surface area contributed by atoms with Gasteiger partial charge in [-0.2, -0.15) is 5.10 Å². The Morgan fingerprint density at radius 1 is 1.38 bits per heavy atom. The quantitative estimate of drug-likeness (QED) is 0.769. The number of carbonyl (C=O) groups is 2. The summed E-state index contributed by atoms with van der Waals surface area (Å²) in [5, 5.41) is 7.06. The molecule has 0 aliphatic heterocycles. The minimum absolute atomic E-state index is 0.0329. The van der Waals surface area contributed by atoms with Crippen LogP contribution in [0, 0.1) is 13.8 Å². The van der Waals surface area contributed by atoms with Gasteiger partial charge in [0.25, 0.3) is 0 Å². The Hall–Kier alpha value is -2.44. The van der Waals surface area contributed by atoms with E-state index in [1.54, 1.807) is 30.9 Å². The van der Waals surface area contributed by atoms with E-state index < -0.39 is 0 Å². The lowest BCUT2D eigenvalue weighted by Crippen LogP contribution is -2.30. The van der Waals surface area contributed by atoms with Crippen molar-refractivity contribution in [1.82, 2.24) is 25.1 Å². The third-order valence-electron chi connectivity index (χ3n) is 3.27. The molecule has 112 valence electrons.